The zero-order chi connectivity index (χ0) is 7.19. The molecular weight excluding hydrogens is 124 g/mol. The van der Waals surface area contributed by atoms with Gasteiger partial charge in [-0.1, -0.05) is 20.3 Å². The summed E-state index contributed by atoms with van der Waals surface area (Å²) in [5, 5.41) is 0. The van der Waals surface area contributed by atoms with E-state index in [1.54, 1.807) is 0 Å². The maximum absolute atomic E-state index is 5.48. The van der Waals surface area contributed by atoms with Gasteiger partial charge in [-0.2, -0.15) is 0 Å². The van der Waals surface area contributed by atoms with Crippen LogP contribution >= 0.6 is 0 Å². The van der Waals surface area contributed by atoms with Gasteiger partial charge in [-0.25, -0.2) is 0 Å². The minimum absolute atomic E-state index is 0.609. The molecule has 2 fully saturated rings. The Kier molecular flexibility index (Phi) is 1.31. The lowest BCUT2D eigenvalue weighted by Crippen LogP contribution is -2.23. The maximum Gasteiger partial charge on any atom is 0.0847 e. The van der Waals surface area contributed by atoms with Crippen LogP contribution in [0.2, 0.25) is 0 Å². The molecular formula is C9H16O. The van der Waals surface area contributed by atoms with Crippen molar-refractivity contribution in [2.24, 2.45) is 5.41 Å². The molecule has 1 aliphatic carbocycles. The minimum atomic E-state index is 0.609. The molecule has 10 heavy (non-hydrogen) atoms. The smallest absolute Gasteiger partial charge is 0.0847 e. The van der Waals surface area contributed by atoms with Gasteiger partial charge in [0, 0.05) is 0 Å². The van der Waals surface area contributed by atoms with Crippen LogP contribution in [0.1, 0.15) is 39.5 Å². The van der Waals surface area contributed by atoms with E-state index >= 15 is 0 Å². The molecule has 0 bridgehead atoms. The summed E-state index contributed by atoms with van der Waals surface area (Å²) in [5.41, 5.74) is 0.609. The highest BCUT2D eigenvalue weighted by molar-refractivity contribution is 4.96. The first kappa shape index (κ1) is 6.66. The van der Waals surface area contributed by atoms with Crippen molar-refractivity contribution in [2.75, 3.05) is 0 Å². The highest BCUT2D eigenvalue weighted by Gasteiger charge is 2.47. The molecule has 0 aromatic carbocycles. The van der Waals surface area contributed by atoms with Crippen molar-refractivity contribution in [1.29, 1.82) is 0 Å². The summed E-state index contributed by atoms with van der Waals surface area (Å²) in [6, 6.07) is 0. The summed E-state index contributed by atoms with van der Waals surface area (Å²) in [6.07, 6.45) is 6.64. The average molecular weight is 140 g/mol. The summed E-state index contributed by atoms with van der Waals surface area (Å²) in [5.74, 6) is 0. The van der Waals surface area contributed by atoms with E-state index in [0.717, 1.165) is 0 Å². The van der Waals surface area contributed by atoms with Crippen LogP contribution in [0, 0.1) is 5.41 Å². The molecule has 1 saturated heterocycles. The van der Waals surface area contributed by atoms with Gasteiger partial charge in [0.25, 0.3) is 0 Å². The van der Waals surface area contributed by atoms with Crippen molar-refractivity contribution in [2.45, 2.75) is 51.7 Å². The van der Waals surface area contributed by atoms with Gasteiger partial charge in [0.15, 0.2) is 0 Å². The SMILES string of the molecule is CCC1(C)CCC2OC2C1. The van der Waals surface area contributed by atoms with Crippen molar-refractivity contribution >= 4 is 0 Å². The summed E-state index contributed by atoms with van der Waals surface area (Å²) in [6.45, 7) is 4.69. The number of rotatable bonds is 1. The normalized spacial score (nSPS) is 52.2. The first-order valence-electron chi connectivity index (χ1n) is 4.39. The van der Waals surface area contributed by atoms with E-state index in [2.05, 4.69) is 13.8 Å². The molecule has 2 aliphatic rings. The Labute approximate surface area is 62.8 Å². The monoisotopic (exact) mass is 140 g/mol. The molecule has 58 valence electrons. The van der Waals surface area contributed by atoms with Crippen LogP contribution in [0.5, 0.6) is 0 Å². The molecule has 1 nitrogen and oxygen atoms in total. The average Bonchev–Trinajstić information content (AvgIpc) is 2.66. The summed E-state index contributed by atoms with van der Waals surface area (Å²) in [7, 11) is 0. The van der Waals surface area contributed by atoms with Crippen molar-refractivity contribution in [1.82, 2.24) is 0 Å². The standard InChI is InChI=1S/C9H16O/c1-3-9(2)5-4-7-8(6-9)10-7/h7-8H,3-6H2,1-2H3. The predicted molar refractivity (Wildman–Crippen MR) is 40.9 cm³/mol. The van der Waals surface area contributed by atoms with E-state index in [0.29, 0.717) is 17.6 Å². The molecule has 0 aromatic heterocycles. The minimum Gasteiger partial charge on any atom is -0.370 e. The lowest BCUT2D eigenvalue weighted by Gasteiger charge is -2.29. The molecule has 0 N–H and O–H groups in total. The molecule has 1 heteroatoms. The van der Waals surface area contributed by atoms with Crippen LogP contribution in [-0.2, 0) is 4.74 Å². The van der Waals surface area contributed by atoms with Crippen molar-refractivity contribution in [3.63, 3.8) is 0 Å². The Hall–Kier alpha value is -0.0400. The van der Waals surface area contributed by atoms with Crippen LogP contribution in [-0.4, -0.2) is 12.2 Å². The van der Waals surface area contributed by atoms with Crippen LogP contribution in [0.4, 0.5) is 0 Å². The Bertz CT molecular complexity index is 144. The van der Waals surface area contributed by atoms with Gasteiger partial charge in [0.2, 0.25) is 0 Å². The Balaban J connectivity index is 1.98. The molecule has 0 aromatic rings. The third kappa shape index (κ3) is 0.968. The second-order valence-corrected chi connectivity index (χ2v) is 4.12. The number of fused-ring (bicyclic) bond motifs is 1. The van der Waals surface area contributed by atoms with E-state index in [4.69, 9.17) is 4.74 Å². The van der Waals surface area contributed by atoms with Crippen LogP contribution in [0.25, 0.3) is 0 Å². The van der Waals surface area contributed by atoms with E-state index in [-0.39, 0.29) is 0 Å². The Morgan fingerprint density at radius 2 is 2.30 bits per heavy atom. The van der Waals surface area contributed by atoms with Crippen molar-refractivity contribution < 1.29 is 4.74 Å². The lowest BCUT2D eigenvalue weighted by atomic mass is 9.74. The number of epoxide rings is 1. The molecule has 0 radical (unpaired) electrons. The second kappa shape index (κ2) is 1.97. The molecule has 2 rings (SSSR count). The molecule has 0 amide bonds. The van der Waals surface area contributed by atoms with Crippen molar-refractivity contribution in [3.05, 3.63) is 0 Å². The van der Waals surface area contributed by atoms with Crippen LogP contribution in [0.15, 0.2) is 0 Å². The molecule has 1 aliphatic heterocycles. The lowest BCUT2D eigenvalue weighted by molar-refractivity contribution is 0.225. The van der Waals surface area contributed by atoms with E-state index in [1.165, 1.54) is 25.7 Å². The topological polar surface area (TPSA) is 12.5 Å². The summed E-state index contributed by atoms with van der Waals surface area (Å²) in [4.78, 5) is 0. The summed E-state index contributed by atoms with van der Waals surface area (Å²) >= 11 is 0. The van der Waals surface area contributed by atoms with E-state index in [1.807, 2.05) is 0 Å². The number of hydrogen-bond donors (Lipinski definition) is 0. The fourth-order valence-corrected chi connectivity index (χ4v) is 2.01. The first-order chi connectivity index (χ1) is 4.73. The number of ether oxygens (including phenoxy) is 1. The van der Waals surface area contributed by atoms with E-state index < -0.39 is 0 Å². The molecule has 0 spiro atoms. The Morgan fingerprint density at radius 3 is 2.90 bits per heavy atom. The number of hydrogen-bond acceptors (Lipinski definition) is 1. The quantitative estimate of drug-likeness (QED) is 0.509. The fraction of sp³-hybridized carbons (Fsp3) is 1.00. The maximum atomic E-state index is 5.48. The Morgan fingerprint density at radius 1 is 1.50 bits per heavy atom. The van der Waals surface area contributed by atoms with E-state index in [9.17, 15) is 0 Å². The first-order valence-corrected chi connectivity index (χ1v) is 4.39. The molecule has 1 saturated carbocycles. The van der Waals surface area contributed by atoms with Gasteiger partial charge in [-0.05, 0) is 24.7 Å². The second-order valence-electron chi connectivity index (χ2n) is 4.12. The van der Waals surface area contributed by atoms with Gasteiger partial charge in [-0.3, -0.25) is 0 Å². The molecule has 1 heterocycles. The zero-order valence-corrected chi connectivity index (χ0v) is 6.89. The van der Waals surface area contributed by atoms with Crippen LogP contribution < -0.4 is 0 Å². The predicted octanol–water partition coefficient (Wildman–Crippen LogP) is 2.35. The van der Waals surface area contributed by atoms with Crippen molar-refractivity contribution in [3.8, 4) is 0 Å². The highest BCUT2D eigenvalue weighted by Crippen LogP contribution is 2.47. The fourth-order valence-electron chi connectivity index (χ4n) is 2.01. The van der Waals surface area contributed by atoms with Crippen LogP contribution in [0.3, 0.4) is 0 Å². The highest BCUT2D eigenvalue weighted by atomic mass is 16.6. The van der Waals surface area contributed by atoms with Gasteiger partial charge in [0.05, 0.1) is 12.2 Å². The van der Waals surface area contributed by atoms with Gasteiger partial charge in [-0.15, -0.1) is 0 Å². The van der Waals surface area contributed by atoms with Gasteiger partial charge < -0.3 is 4.74 Å². The third-order valence-electron chi connectivity index (χ3n) is 3.27. The summed E-state index contributed by atoms with van der Waals surface area (Å²) < 4.78 is 5.48. The largest absolute Gasteiger partial charge is 0.370 e. The van der Waals surface area contributed by atoms with Gasteiger partial charge >= 0.3 is 0 Å². The third-order valence-corrected chi connectivity index (χ3v) is 3.27. The molecule has 3 atom stereocenters. The van der Waals surface area contributed by atoms with Gasteiger partial charge in [0.1, 0.15) is 0 Å². The molecule has 3 unspecified atom stereocenters. The zero-order valence-electron chi connectivity index (χ0n) is 6.89.